The molecule has 0 rings (SSSR count). The molecule has 0 aromatic carbocycles. The number of sulfonamides is 1. The summed E-state index contributed by atoms with van der Waals surface area (Å²) in [7, 11) is 2.28. The van der Waals surface area contributed by atoms with Gasteiger partial charge in [-0.1, -0.05) is 129 Å². The lowest BCUT2D eigenvalue weighted by atomic mass is 10.0. The number of unbranched alkanes of at least 4 members (excludes halogenated alkanes) is 18. The van der Waals surface area contributed by atoms with Crippen molar-refractivity contribution in [3.8, 4) is 0 Å². The van der Waals surface area contributed by atoms with Crippen LogP contribution in [0.15, 0.2) is 0 Å². The van der Waals surface area contributed by atoms with Crippen LogP contribution in [-0.4, -0.2) is 52.1 Å². The van der Waals surface area contributed by atoms with Gasteiger partial charge >= 0.3 is 0 Å². The van der Waals surface area contributed by atoms with Crippen LogP contribution in [0.1, 0.15) is 162 Å². The van der Waals surface area contributed by atoms with Gasteiger partial charge in [0.2, 0.25) is 15.0 Å². The summed E-state index contributed by atoms with van der Waals surface area (Å²) in [6.07, 6.45) is 24.6. The Labute approximate surface area is 244 Å². The minimum Gasteiger partial charge on any atom is -1.00 e. The van der Waals surface area contributed by atoms with E-state index in [1.54, 1.807) is 0 Å². The van der Waals surface area contributed by atoms with E-state index in [0.29, 0.717) is 25.8 Å². The number of hydrogen-bond acceptors (Lipinski definition) is 2. The molecule has 0 spiro atoms. The van der Waals surface area contributed by atoms with Crippen molar-refractivity contribution in [3.05, 3.63) is 0 Å². The molecule has 0 saturated heterocycles. The molecule has 38 heavy (non-hydrogen) atoms. The van der Waals surface area contributed by atoms with Gasteiger partial charge in [0, 0.05) is 13.0 Å². The number of rotatable bonds is 28. The summed E-state index contributed by atoms with van der Waals surface area (Å²) in [4.78, 5) is 0. The third kappa shape index (κ3) is 22.9. The molecule has 0 heterocycles. The van der Waals surface area contributed by atoms with Crippen molar-refractivity contribution >= 4 is 10.0 Å². The maximum atomic E-state index is 16.0. The van der Waals surface area contributed by atoms with E-state index in [9.17, 15) is 8.42 Å². The Kier molecular flexibility index (Phi) is 26.3. The first-order valence-corrected chi connectivity index (χ1v) is 17.5. The lowest BCUT2D eigenvalue weighted by molar-refractivity contribution is -0.870. The highest BCUT2D eigenvalue weighted by molar-refractivity contribution is 7.90. The third-order valence-corrected chi connectivity index (χ3v) is 9.54. The van der Waals surface area contributed by atoms with E-state index in [4.69, 9.17) is 0 Å². The molecule has 7 heteroatoms. The average molecular weight is 585 g/mol. The highest BCUT2D eigenvalue weighted by Crippen LogP contribution is 2.32. The SMILES string of the molecule is CCCCCCCCCCCCCCCCCC(F)(CCCCCCC)S(=O)(=O)NCCC[N+](C)(C)C.[Cl-]. The van der Waals surface area contributed by atoms with Gasteiger partial charge < -0.3 is 16.9 Å². The zero-order valence-electron chi connectivity index (χ0n) is 26.1. The second-order valence-corrected chi connectivity index (χ2v) is 14.5. The van der Waals surface area contributed by atoms with E-state index in [1.807, 2.05) is 0 Å². The fourth-order valence-electron chi connectivity index (χ4n) is 5.04. The van der Waals surface area contributed by atoms with Crippen molar-refractivity contribution in [1.82, 2.24) is 4.72 Å². The molecule has 4 nitrogen and oxygen atoms in total. The van der Waals surface area contributed by atoms with Gasteiger partial charge in [0.15, 0.2) is 0 Å². The minimum atomic E-state index is -3.98. The fourth-order valence-corrected chi connectivity index (χ4v) is 6.53. The Morgan fingerprint density at radius 3 is 1.21 bits per heavy atom. The smallest absolute Gasteiger partial charge is 0.246 e. The zero-order valence-corrected chi connectivity index (χ0v) is 27.7. The number of alkyl halides is 1. The molecule has 0 aromatic rings. The van der Waals surface area contributed by atoms with Crippen LogP contribution in [0.3, 0.4) is 0 Å². The van der Waals surface area contributed by atoms with Crippen molar-refractivity contribution in [2.45, 2.75) is 167 Å². The predicted octanol–water partition coefficient (Wildman–Crippen LogP) is 6.29. The number of halogens is 2. The summed E-state index contributed by atoms with van der Waals surface area (Å²) in [6, 6.07) is 0. The average Bonchev–Trinajstić information content (AvgIpc) is 2.83. The van der Waals surface area contributed by atoms with E-state index in [0.717, 1.165) is 49.6 Å². The van der Waals surface area contributed by atoms with Gasteiger partial charge in [-0.05, 0) is 25.7 Å². The van der Waals surface area contributed by atoms with Gasteiger partial charge in [0.05, 0.1) is 27.7 Å². The van der Waals surface area contributed by atoms with Crippen LogP contribution in [-0.2, 0) is 10.0 Å². The summed E-state index contributed by atoms with van der Waals surface area (Å²) in [5, 5.41) is -2.13. The predicted molar refractivity (Wildman–Crippen MR) is 161 cm³/mol. The first-order valence-electron chi connectivity index (χ1n) is 16.1. The largest absolute Gasteiger partial charge is 1.00 e. The van der Waals surface area contributed by atoms with Crippen LogP contribution >= 0.6 is 0 Å². The Morgan fingerprint density at radius 1 is 0.579 bits per heavy atom. The van der Waals surface area contributed by atoms with Crippen molar-refractivity contribution in [2.75, 3.05) is 34.2 Å². The fraction of sp³-hybridized carbons (Fsp3) is 1.00. The second kappa shape index (κ2) is 24.9. The van der Waals surface area contributed by atoms with Gasteiger partial charge in [-0.15, -0.1) is 0 Å². The molecule has 0 amide bonds. The topological polar surface area (TPSA) is 46.2 Å². The summed E-state index contributed by atoms with van der Waals surface area (Å²) < 4.78 is 45.3. The third-order valence-electron chi connectivity index (χ3n) is 7.59. The van der Waals surface area contributed by atoms with E-state index < -0.39 is 15.0 Å². The molecule has 232 valence electrons. The molecule has 0 aliphatic rings. The van der Waals surface area contributed by atoms with Crippen LogP contribution in [0.5, 0.6) is 0 Å². The van der Waals surface area contributed by atoms with Crippen LogP contribution in [0.2, 0.25) is 0 Å². The van der Waals surface area contributed by atoms with Gasteiger partial charge in [-0.2, -0.15) is 0 Å². The molecule has 0 aromatic heterocycles. The van der Waals surface area contributed by atoms with Crippen molar-refractivity contribution in [2.24, 2.45) is 0 Å². The second-order valence-electron chi connectivity index (χ2n) is 12.5. The van der Waals surface area contributed by atoms with Gasteiger partial charge in [-0.25, -0.2) is 17.5 Å². The van der Waals surface area contributed by atoms with Gasteiger partial charge in [0.25, 0.3) is 0 Å². The lowest BCUT2D eigenvalue weighted by Gasteiger charge is -2.27. The number of hydrogen-bond donors (Lipinski definition) is 1. The number of nitrogens with one attached hydrogen (secondary N) is 1. The molecule has 0 bridgehead atoms. The van der Waals surface area contributed by atoms with E-state index in [2.05, 4.69) is 39.7 Å². The van der Waals surface area contributed by atoms with Crippen molar-refractivity contribution in [1.29, 1.82) is 0 Å². The summed E-state index contributed by atoms with van der Waals surface area (Å²) >= 11 is 0. The molecule has 0 radical (unpaired) electrons. The monoisotopic (exact) mass is 584 g/mol. The van der Waals surface area contributed by atoms with Gasteiger partial charge in [0.1, 0.15) is 0 Å². The molecule has 1 atom stereocenters. The maximum Gasteiger partial charge on any atom is 0.246 e. The lowest BCUT2D eigenvalue weighted by Crippen LogP contribution is -3.00. The standard InChI is InChI=1S/C31H66FN2O2S.ClH/c1-6-8-10-12-13-14-15-16-17-18-19-20-21-23-25-28-31(32,27-24-22-11-9-7-2)37(35,36)33-29-26-30-34(3,4)5;/h33H,6-30H2,1-5H3;1H/q+1;/p-1. The summed E-state index contributed by atoms with van der Waals surface area (Å²) in [6.45, 7) is 5.60. The van der Waals surface area contributed by atoms with E-state index in [-0.39, 0.29) is 25.2 Å². The molecule has 1 N–H and O–H groups in total. The molecular weight excluding hydrogens is 519 g/mol. The molecule has 0 fully saturated rings. The van der Waals surface area contributed by atoms with Crippen molar-refractivity contribution < 1.29 is 29.7 Å². The zero-order chi connectivity index (χ0) is 27.9. The Balaban J connectivity index is 0. The molecule has 0 aliphatic heterocycles. The van der Waals surface area contributed by atoms with E-state index >= 15 is 4.39 Å². The molecule has 0 saturated carbocycles. The minimum absolute atomic E-state index is 0. The Morgan fingerprint density at radius 2 is 0.895 bits per heavy atom. The quantitative estimate of drug-likeness (QED) is 0.0867. The highest BCUT2D eigenvalue weighted by atomic mass is 35.5. The maximum absolute atomic E-state index is 16.0. The first-order chi connectivity index (χ1) is 17.6. The number of nitrogens with zero attached hydrogens (tertiary/aromatic N) is 1. The normalized spacial score (nSPS) is 13.8. The van der Waals surface area contributed by atoms with Crippen molar-refractivity contribution in [3.63, 3.8) is 0 Å². The Hall–Kier alpha value is 0.0900. The molecular formula is C31H66ClFN2O2S. The van der Waals surface area contributed by atoms with Crippen LogP contribution in [0, 0.1) is 0 Å². The molecule has 1 unspecified atom stereocenters. The van der Waals surface area contributed by atoms with Crippen LogP contribution < -0.4 is 17.1 Å². The Bertz CT molecular complexity index is 613. The van der Waals surface area contributed by atoms with Crippen LogP contribution in [0.25, 0.3) is 0 Å². The summed E-state index contributed by atoms with van der Waals surface area (Å²) in [5.41, 5.74) is 0. The summed E-state index contributed by atoms with van der Waals surface area (Å²) in [5.74, 6) is 0. The highest BCUT2D eigenvalue weighted by Gasteiger charge is 2.42. The van der Waals surface area contributed by atoms with Gasteiger partial charge in [-0.3, -0.25) is 0 Å². The first kappa shape index (κ1) is 40.2. The molecule has 0 aliphatic carbocycles. The number of quaternary nitrogens is 1. The van der Waals surface area contributed by atoms with E-state index in [1.165, 1.54) is 77.0 Å². The van der Waals surface area contributed by atoms with Crippen LogP contribution in [0.4, 0.5) is 4.39 Å².